The molecule has 0 saturated carbocycles. The Labute approximate surface area is 136 Å². The van der Waals surface area contributed by atoms with Gasteiger partial charge in [-0.3, -0.25) is 0 Å². The molecule has 0 heterocycles. The molecule has 0 aromatic carbocycles. The van der Waals surface area contributed by atoms with Crippen LogP contribution in [-0.4, -0.2) is 25.8 Å². The van der Waals surface area contributed by atoms with E-state index in [1.807, 2.05) is 0 Å². The number of ether oxygens (including phenoxy) is 2. The minimum absolute atomic E-state index is 0.268. The molecule has 22 heavy (non-hydrogen) atoms. The average molecular weight is 310 g/mol. The van der Waals surface area contributed by atoms with Gasteiger partial charge in [0.15, 0.2) is 0 Å². The molecule has 3 nitrogen and oxygen atoms in total. The quantitative estimate of drug-likeness (QED) is 0.173. The lowest BCUT2D eigenvalue weighted by atomic mass is 10.0. The summed E-state index contributed by atoms with van der Waals surface area (Å²) in [4.78, 5) is 11.2. The predicted molar refractivity (Wildman–Crippen MR) is 92.9 cm³/mol. The summed E-state index contributed by atoms with van der Waals surface area (Å²) in [7, 11) is 0. The van der Waals surface area contributed by atoms with E-state index in [1.165, 1.54) is 57.4 Å². The van der Waals surface area contributed by atoms with Gasteiger partial charge in [-0.15, -0.1) is 6.58 Å². The number of carbonyl (C=O) groups excluding carboxylic acids is 1. The molecule has 3 heteroatoms. The summed E-state index contributed by atoms with van der Waals surface area (Å²) < 4.78 is 10.6. The van der Waals surface area contributed by atoms with Crippen molar-refractivity contribution in [2.24, 2.45) is 5.92 Å². The van der Waals surface area contributed by atoms with E-state index >= 15 is 0 Å². The van der Waals surface area contributed by atoms with Gasteiger partial charge in [-0.25, -0.2) is 4.79 Å². The Hall–Kier alpha value is -1.09. The Bertz CT molecular complexity index is 286. The van der Waals surface area contributed by atoms with Crippen LogP contribution in [-0.2, 0) is 14.3 Å². The van der Waals surface area contributed by atoms with Crippen LogP contribution in [0.1, 0.15) is 64.7 Å². The van der Waals surface area contributed by atoms with Gasteiger partial charge < -0.3 is 9.47 Å². The SMILES string of the molecule is C=CCOCC(CCCCCCCCCC)COC(=O)C=C. The van der Waals surface area contributed by atoms with Gasteiger partial charge in [-0.1, -0.05) is 70.9 Å². The zero-order chi connectivity index (χ0) is 16.5. The van der Waals surface area contributed by atoms with Crippen LogP contribution in [0.4, 0.5) is 0 Å². The number of carbonyl (C=O) groups is 1. The average Bonchev–Trinajstić information content (AvgIpc) is 2.54. The maximum absolute atomic E-state index is 11.2. The molecule has 0 aliphatic rings. The molecule has 0 N–H and O–H groups in total. The minimum atomic E-state index is -0.357. The molecule has 0 saturated heterocycles. The maximum Gasteiger partial charge on any atom is 0.330 e. The van der Waals surface area contributed by atoms with Crippen LogP contribution in [0.2, 0.25) is 0 Å². The Balaban J connectivity index is 3.74. The Kier molecular flexibility index (Phi) is 15.5. The highest BCUT2D eigenvalue weighted by Crippen LogP contribution is 2.14. The van der Waals surface area contributed by atoms with Gasteiger partial charge in [0, 0.05) is 12.0 Å². The Morgan fingerprint density at radius 1 is 1.00 bits per heavy atom. The smallest absolute Gasteiger partial charge is 0.330 e. The first-order chi connectivity index (χ1) is 10.7. The molecule has 1 unspecified atom stereocenters. The number of esters is 1. The number of rotatable bonds is 16. The third kappa shape index (κ3) is 13.9. The monoisotopic (exact) mass is 310 g/mol. The Morgan fingerprint density at radius 3 is 2.23 bits per heavy atom. The fraction of sp³-hybridized carbons (Fsp3) is 0.737. The number of unbranched alkanes of at least 4 members (excludes halogenated alkanes) is 7. The first-order valence-corrected chi connectivity index (χ1v) is 8.72. The molecule has 0 amide bonds. The first-order valence-electron chi connectivity index (χ1n) is 8.72. The van der Waals surface area contributed by atoms with Gasteiger partial charge in [-0.05, 0) is 6.42 Å². The van der Waals surface area contributed by atoms with Crippen molar-refractivity contribution < 1.29 is 14.3 Å². The lowest BCUT2D eigenvalue weighted by Crippen LogP contribution is -2.18. The summed E-state index contributed by atoms with van der Waals surface area (Å²) in [5.74, 6) is -0.0893. The van der Waals surface area contributed by atoms with E-state index in [4.69, 9.17) is 9.47 Å². The largest absolute Gasteiger partial charge is 0.462 e. The summed E-state index contributed by atoms with van der Waals surface area (Å²) in [5, 5.41) is 0. The third-order valence-electron chi connectivity index (χ3n) is 3.68. The zero-order valence-electron chi connectivity index (χ0n) is 14.4. The highest BCUT2D eigenvalue weighted by atomic mass is 16.5. The highest BCUT2D eigenvalue weighted by molar-refractivity contribution is 5.81. The maximum atomic E-state index is 11.2. The minimum Gasteiger partial charge on any atom is -0.462 e. The van der Waals surface area contributed by atoms with Crippen LogP contribution >= 0.6 is 0 Å². The molecular weight excluding hydrogens is 276 g/mol. The van der Waals surface area contributed by atoms with Gasteiger partial charge in [0.05, 0.1) is 19.8 Å². The summed E-state index contributed by atoms with van der Waals surface area (Å²) in [5.41, 5.74) is 0. The molecule has 0 rings (SSSR count). The van der Waals surface area contributed by atoms with Crippen molar-refractivity contribution in [2.45, 2.75) is 64.7 Å². The second kappa shape index (κ2) is 16.3. The molecule has 0 radical (unpaired) electrons. The van der Waals surface area contributed by atoms with Gasteiger partial charge in [0.25, 0.3) is 0 Å². The van der Waals surface area contributed by atoms with Crippen LogP contribution < -0.4 is 0 Å². The third-order valence-corrected chi connectivity index (χ3v) is 3.68. The van der Waals surface area contributed by atoms with Crippen molar-refractivity contribution in [3.05, 3.63) is 25.3 Å². The van der Waals surface area contributed by atoms with Crippen LogP contribution in [0.5, 0.6) is 0 Å². The van der Waals surface area contributed by atoms with E-state index in [0.29, 0.717) is 19.8 Å². The molecule has 0 aliphatic heterocycles. The number of hydrogen-bond acceptors (Lipinski definition) is 3. The topological polar surface area (TPSA) is 35.5 Å². The van der Waals surface area contributed by atoms with E-state index in [1.54, 1.807) is 6.08 Å². The second-order valence-electron chi connectivity index (χ2n) is 5.79. The fourth-order valence-corrected chi connectivity index (χ4v) is 2.36. The van der Waals surface area contributed by atoms with Crippen LogP contribution in [0.25, 0.3) is 0 Å². The molecule has 0 aromatic heterocycles. The van der Waals surface area contributed by atoms with Gasteiger partial charge in [0.2, 0.25) is 0 Å². The molecule has 0 aliphatic carbocycles. The van der Waals surface area contributed by atoms with Gasteiger partial charge in [-0.2, -0.15) is 0 Å². The van der Waals surface area contributed by atoms with Gasteiger partial charge >= 0.3 is 5.97 Å². The van der Waals surface area contributed by atoms with E-state index < -0.39 is 0 Å². The molecule has 0 bridgehead atoms. The molecule has 128 valence electrons. The van der Waals surface area contributed by atoms with E-state index in [0.717, 1.165) is 6.42 Å². The molecule has 0 spiro atoms. The predicted octanol–water partition coefficient (Wildman–Crippen LogP) is 5.07. The van der Waals surface area contributed by atoms with Crippen molar-refractivity contribution >= 4 is 5.97 Å². The summed E-state index contributed by atoms with van der Waals surface area (Å²) in [6.07, 6.45) is 14.4. The van der Waals surface area contributed by atoms with E-state index in [-0.39, 0.29) is 11.9 Å². The van der Waals surface area contributed by atoms with Crippen molar-refractivity contribution in [3.8, 4) is 0 Å². The van der Waals surface area contributed by atoms with Crippen LogP contribution in [0.3, 0.4) is 0 Å². The molecular formula is C19H34O3. The molecule has 1 atom stereocenters. The standard InChI is InChI=1S/C19H34O3/c1-4-7-8-9-10-11-12-13-14-18(16-21-15-5-2)17-22-19(20)6-3/h5-6,18H,2-4,7-17H2,1H3. The van der Waals surface area contributed by atoms with E-state index in [2.05, 4.69) is 20.1 Å². The lowest BCUT2D eigenvalue weighted by Gasteiger charge is -2.16. The number of hydrogen-bond donors (Lipinski definition) is 0. The highest BCUT2D eigenvalue weighted by Gasteiger charge is 2.11. The first kappa shape index (κ1) is 20.9. The van der Waals surface area contributed by atoms with Crippen molar-refractivity contribution in [1.82, 2.24) is 0 Å². The normalized spacial score (nSPS) is 11.9. The van der Waals surface area contributed by atoms with Crippen molar-refractivity contribution in [3.63, 3.8) is 0 Å². The molecule has 0 aromatic rings. The van der Waals surface area contributed by atoms with Crippen LogP contribution in [0.15, 0.2) is 25.3 Å². The second-order valence-corrected chi connectivity index (χ2v) is 5.79. The molecule has 0 fully saturated rings. The summed E-state index contributed by atoms with van der Waals surface area (Å²) >= 11 is 0. The summed E-state index contributed by atoms with van der Waals surface area (Å²) in [6.45, 7) is 10.9. The Morgan fingerprint density at radius 2 is 1.64 bits per heavy atom. The van der Waals surface area contributed by atoms with Crippen molar-refractivity contribution in [2.75, 3.05) is 19.8 Å². The zero-order valence-corrected chi connectivity index (χ0v) is 14.4. The van der Waals surface area contributed by atoms with Crippen molar-refractivity contribution in [1.29, 1.82) is 0 Å². The summed E-state index contributed by atoms with van der Waals surface area (Å²) in [6, 6.07) is 0. The van der Waals surface area contributed by atoms with Crippen LogP contribution in [0, 0.1) is 5.92 Å². The van der Waals surface area contributed by atoms with E-state index in [9.17, 15) is 4.79 Å². The lowest BCUT2D eigenvalue weighted by molar-refractivity contribution is -0.139. The fourth-order valence-electron chi connectivity index (χ4n) is 2.36. The van der Waals surface area contributed by atoms with Gasteiger partial charge in [0.1, 0.15) is 0 Å².